The number of hydrogen-bond donors (Lipinski definition) is 2. The number of pyridine rings is 1. The van der Waals surface area contributed by atoms with Crippen molar-refractivity contribution in [1.82, 2.24) is 10.3 Å². The highest BCUT2D eigenvalue weighted by Crippen LogP contribution is 2.37. The van der Waals surface area contributed by atoms with Gasteiger partial charge in [0.1, 0.15) is 5.82 Å². The van der Waals surface area contributed by atoms with E-state index >= 15 is 0 Å². The van der Waals surface area contributed by atoms with Gasteiger partial charge in [-0.2, -0.15) is 13.2 Å². The molecular weight excluding hydrogens is 628 g/mol. The van der Waals surface area contributed by atoms with E-state index in [4.69, 9.17) is 0 Å². The Labute approximate surface area is 256 Å². The fourth-order valence-corrected chi connectivity index (χ4v) is 6.07. The third-order valence-corrected chi connectivity index (χ3v) is 9.36. The molecule has 4 rings (SSSR count). The monoisotopic (exact) mass is 659 g/mol. The molecule has 0 aliphatic carbocycles. The van der Waals surface area contributed by atoms with Crippen LogP contribution < -0.4 is 10.2 Å². The number of nitrogens with zero attached hydrogens (tertiary/aromatic N) is 2. The molecule has 1 amide bonds. The quantitative estimate of drug-likeness (QED) is 0.256. The van der Waals surface area contributed by atoms with E-state index in [0.717, 1.165) is 12.1 Å². The maximum absolute atomic E-state index is 13.1. The minimum atomic E-state index is -4.89. The first-order chi connectivity index (χ1) is 21.1. The Bertz CT molecular complexity index is 1550. The maximum Gasteiger partial charge on any atom is 0.522 e. The highest BCUT2D eigenvalue weighted by molar-refractivity contribution is 7.91. The second-order valence-corrected chi connectivity index (χ2v) is 12.8. The number of sulfone groups is 1. The number of nitrogens with one attached hydrogen (secondary N) is 1. The van der Waals surface area contributed by atoms with E-state index in [-0.39, 0.29) is 48.0 Å². The van der Waals surface area contributed by atoms with Gasteiger partial charge in [-0.3, -0.25) is 9.53 Å². The van der Waals surface area contributed by atoms with Crippen molar-refractivity contribution in [2.45, 2.75) is 55.2 Å². The van der Waals surface area contributed by atoms with Crippen molar-refractivity contribution in [3.05, 3.63) is 89.1 Å². The van der Waals surface area contributed by atoms with E-state index in [0.29, 0.717) is 11.1 Å². The van der Waals surface area contributed by atoms with Gasteiger partial charge in [0.05, 0.1) is 40.5 Å². The number of aliphatic hydroxyl groups excluding tert-OH is 1. The van der Waals surface area contributed by atoms with Crippen LogP contribution in [-0.4, -0.2) is 62.3 Å². The molecule has 3 atom stereocenters. The number of hydrogen-bond acceptors (Lipinski definition) is 7. The Morgan fingerprint density at radius 2 is 1.71 bits per heavy atom. The third kappa shape index (κ3) is 8.73. The molecule has 0 spiro atoms. The first-order valence-corrected chi connectivity index (χ1v) is 15.6. The molecule has 1 aliphatic heterocycles. The van der Waals surface area contributed by atoms with Crippen LogP contribution in [0.1, 0.15) is 58.8 Å². The van der Waals surface area contributed by atoms with E-state index in [1.54, 1.807) is 17.0 Å². The highest BCUT2D eigenvalue weighted by Gasteiger charge is 2.38. The Hall–Kier alpha value is -3.69. The Morgan fingerprint density at radius 1 is 1.04 bits per heavy atom. The summed E-state index contributed by atoms with van der Waals surface area (Å²) >= 11 is 0. The second-order valence-electron chi connectivity index (χ2n) is 10.5. The minimum Gasteiger partial charge on any atom is -0.396 e. The van der Waals surface area contributed by atoms with Crippen LogP contribution in [0.15, 0.2) is 71.8 Å². The lowest BCUT2D eigenvalue weighted by Crippen LogP contribution is -2.36. The summed E-state index contributed by atoms with van der Waals surface area (Å²) in [6.07, 6.45) is -7.88. The van der Waals surface area contributed by atoms with Crippen molar-refractivity contribution in [3.63, 3.8) is 0 Å². The van der Waals surface area contributed by atoms with Gasteiger partial charge in [-0.05, 0) is 60.4 Å². The minimum absolute atomic E-state index is 0.0740. The molecule has 2 aromatic carbocycles. The van der Waals surface area contributed by atoms with Gasteiger partial charge in [-0.15, -0.1) is 13.2 Å². The Kier molecular flexibility index (Phi) is 10.4. The van der Waals surface area contributed by atoms with Crippen LogP contribution >= 0.6 is 0 Å². The lowest BCUT2D eigenvalue weighted by molar-refractivity contribution is -0.325. The molecule has 1 fully saturated rings. The molecule has 244 valence electrons. The average molecular weight is 660 g/mol. The molecule has 2 heterocycles. The van der Waals surface area contributed by atoms with E-state index in [2.05, 4.69) is 15.0 Å². The highest BCUT2D eigenvalue weighted by atomic mass is 32.2. The Balaban J connectivity index is 1.50. The molecular formula is C30H31F6N3O5S. The Morgan fingerprint density at radius 3 is 2.24 bits per heavy atom. The zero-order valence-electron chi connectivity index (χ0n) is 24.0. The molecule has 3 aromatic rings. The van der Waals surface area contributed by atoms with Crippen LogP contribution in [0.2, 0.25) is 0 Å². The van der Waals surface area contributed by atoms with Crippen molar-refractivity contribution in [3.8, 4) is 0 Å². The lowest BCUT2D eigenvalue weighted by atomic mass is 9.95. The van der Waals surface area contributed by atoms with Crippen LogP contribution in [0.4, 0.5) is 32.2 Å². The summed E-state index contributed by atoms with van der Waals surface area (Å²) in [4.78, 5) is 19.0. The molecule has 45 heavy (non-hydrogen) atoms. The van der Waals surface area contributed by atoms with Crippen LogP contribution in [-0.2, 0) is 20.8 Å². The summed E-state index contributed by atoms with van der Waals surface area (Å²) in [6.45, 7) is 0.673. The number of carbonyl (C=O) groups excluding carboxylic acids is 1. The maximum atomic E-state index is 13.1. The topological polar surface area (TPSA) is 109 Å². The fourth-order valence-electron chi connectivity index (χ4n) is 5.19. The van der Waals surface area contributed by atoms with Gasteiger partial charge >= 0.3 is 12.5 Å². The summed E-state index contributed by atoms with van der Waals surface area (Å²) in [5, 5.41) is 12.3. The van der Waals surface area contributed by atoms with Crippen LogP contribution in [0.5, 0.6) is 0 Å². The molecule has 0 bridgehead atoms. The summed E-state index contributed by atoms with van der Waals surface area (Å²) < 4.78 is 106. The molecule has 1 saturated heterocycles. The molecule has 0 radical (unpaired) electrons. The van der Waals surface area contributed by atoms with Crippen LogP contribution in [0, 0.1) is 0 Å². The van der Waals surface area contributed by atoms with E-state index in [1.165, 1.54) is 49.5 Å². The van der Waals surface area contributed by atoms with Gasteiger partial charge in [0.15, 0.2) is 9.84 Å². The fraction of sp³-hybridized carbons (Fsp3) is 0.400. The van der Waals surface area contributed by atoms with Crippen LogP contribution in [0.25, 0.3) is 0 Å². The number of halogens is 6. The van der Waals surface area contributed by atoms with Gasteiger partial charge in [0.2, 0.25) is 0 Å². The van der Waals surface area contributed by atoms with E-state index < -0.39 is 58.5 Å². The predicted molar refractivity (Wildman–Crippen MR) is 152 cm³/mol. The van der Waals surface area contributed by atoms with Crippen molar-refractivity contribution in [1.29, 1.82) is 0 Å². The largest absolute Gasteiger partial charge is 0.522 e. The van der Waals surface area contributed by atoms with E-state index in [1.807, 2.05) is 0 Å². The number of aromatic nitrogens is 1. The standard InChI is InChI=1S/C30H31F6N3O5S/c1-2-45(42,43)25-10-5-20(6-11-25)26(13-14-40)38-28(41)21-7-12-27(37-16-21)39-17-22(15-24(39)18-44-30(34,35)36)19-3-8-23(9-4-19)29(31,32)33/h3-12,16,22,24,26,40H,2,13-15,17-18H2,1H3,(H,38,41)/t22-,24+,26+/m1/s1. The molecule has 2 N–H and O–H groups in total. The second kappa shape index (κ2) is 13.7. The number of ether oxygens (including phenoxy) is 1. The van der Waals surface area contributed by atoms with Crippen LogP contribution in [0.3, 0.4) is 0 Å². The summed E-state index contributed by atoms with van der Waals surface area (Å²) in [5.74, 6) is -0.790. The summed E-state index contributed by atoms with van der Waals surface area (Å²) in [6, 6.07) is 11.8. The van der Waals surface area contributed by atoms with Gasteiger partial charge in [-0.25, -0.2) is 13.4 Å². The first-order valence-electron chi connectivity index (χ1n) is 14.0. The molecule has 0 unspecified atom stereocenters. The zero-order chi connectivity index (χ0) is 33.0. The molecule has 8 nitrogen and oxygen atoms in total. The van der Waals surface area contributed by atoms with Crippen molar-refractivity contribution < 1.29 is 49.4 Å². The number of carbonyl (C=O) groups is 1. The predicted octanol–water partition coefficient (Wildman–Crippen LogP) is 5.65. The molecule has 15 heteroatoms. The van der Waals surface area contributed by atoms with Crippen molar-refractivity contribution in [2.75, 3.05) is 30.4 Å². The number of aliphatic hydroxyl groups is 1. The third-order valence-electron chi connectivity index (χ3n) is 7.61. The summed E-state index contributed by atoms with van der Waals surface area (Å²) in [5.41, 5.74) is 0.370. The molecule has 1 aliphatic rings. The average Bonchev–Trinajstić information content (AvgIpc) is 3.43. The molecule has 1 aromatic heterocycles. The normalized spacial score (nSPS) is 18.2. The number of alkyl halides is 6. The SMILES string of the molecule is CCS(=O)(=O)c1ccc([C@H](CCO)NC(=O)c2ccc(N3C[C@H](c4ccc(C(F)(F)F)cc4)C[C@H]3COC(F)(F)F)nc2)cc1. The first kappa shape index (κ1) is 34.2. The van der Waals surface area contributed by atoms with Gasteiger partial charge in [-0.1, -0.05) is 31.2 Å². The van der Waals surface area contributed by atoms with Crippen molar-refractivity contribution in [2.24, 2.45) is 0 Å². The number of benzene rings is 2. The number of rotatable bonds is 11. The van der Waals surface area contributed by atoms with Gasteiger partial charge in [0.25, 0.3) is 5.91 Å². The van der Waals surface area contributed by atoms with Gasteiger partial charge < -0.3 is 15.3 Å². The lowest BCUT2D eigenvalue weighted by Gasteiger charge is -2.26. The number of anilines is 1. The van der Waals surface area contributed by atoms with Gasteiger partial charge in [0, 0.05) is 25.3 Å². The smallest absolute Gasteiger partial charge is 0.396 e. The van der Waals surface area contributed by atoms with E-state index in [9.17, 15) is 44.7 Å². The zero-order valence-corrected chi connectivity index (χ0v) is 24.8. The number of amides is 1. The summed E-state index contributed by atoms with van der Waals surface area (Å²) in [7, 11) is -3.43. The molecule has 0 saturated carbocycles. The van der Waals surface area contributed by atoms with Crippen molar-refractivity contribution >= 4 is 21.6 Å².